The van der Waals surface area contributed by atoms with Crippen LogP contribution in [0.25, 0.3) is 0 Å². The lowest BCUT2D eigenvalue weighted by atomic mass is 9.57. The van der Waals surface area contributed by atoms with Gasteiger partial charge in [-0.05, 0) is 37.5 Å². The van der Waals surface area contributed by atoms with Crippen LogP contribution in [0, 0.1) is 29.6 Å². The first-order valence-electron chi connectivity index (χ1n) is 13.0. The molecule has 0 amide bonds. The summed E-state index contributed by atoms with van der Waals surface area (Å²) in [6, 6.07) is 3.41. The molecule has 196 valence electrons. The van der Waals surface area contributed by atoms with Gasteiger partial charge in [0, 0.05) is 42.9 Å². The molecule has 3 unspecified atom stereocenters. The number of aliphatic hydroxyl groups is 1. The number of aromatic amines is 1. The van der Waals surface area contributed by atoms with E-state index < -0.39 is 36.0 Å². The van der Waals surface area contributed by atoms with E-state index in [1.165, 1.54) is 7.11 Å². The Hall–Kier alpha value is -2.42. The molecule has 8 heteroatoms. The van der Waals surface area contributed by atoms with E-state index in [4.69, 9.17) is 18.9 Å². The number of cyclic esters (lactones) is 1. The first-order chi connectivity index (χ1) is 17.2. The summed E-state index contributed by atoms with van der Waals surface area (Å²) in [5, 5.41) is 11.7. The van der Waals surface area contributed by atoms with Crippen LogP contribution in [0.3, 0.4) is 0 Å². The van der Waals surface area contributed by atoms with Gasteiger partial charge in [-0.2, -0.15) is 0 Å². The third-order valence-electron chi connectivity index (χ3n) is 8.95. The molecule has 2 N–H and O–H groups in total. The number of rotatable bonds is 4. The molecule has 4 bridgehead atoms. The summed E-state index contributed by atoms with van der Waals surface area (Å²) in [5.74, 6) is -1.78. The molecule has 8 nitrogen and oxygen atoms in total. The van der Waals surface area contributed by atoms with Crippen molar-refractivity contribution < 1.29 is 33.6 Å². The van der Waals surface area contributed by atoms with Gasteiger partial charge in [0.1, 0.15) is 29.6 Å². The van der Waals surface area contributed by atoms with Crippen LogP contribution >= 0.6 is 0 Å². The average Bonchev–Trinajstić information content (AvgIpc) is 3.46. The van der Waals surface area contributed by atoms with Gasteiger partial charge in [0.05, 0.1) is 6.10 Å². The molecule has 5 rings (SSSR count). The average molecular weight is 500 g/mol. The Morgan fingerprint density at radius 1 is 1.31 bits per heavy atom. The highest BCUT2D eigenvalue weighted by Gasteiger charge is 2.69. The lowest BCUT2D eigenvalue weighted by Gasteiger charge is -2.48. The standard InChI is InChI=1S/C28H37NO7/c1-6-20-14(2)12-15(3)28-17(13-21(33-5)27(32)34-20)9-10-18-22(28)23(30)16(4)24(25(18)36-28)35-26(31)19-8-7-11-29-19/h7-12,14,16-18,20-25,29-30H,6,13H2,1-5H3/b15-12+/t14-,16-,17-,18?,20-,21+,22?,23?,24-,25-,28+/m1/s1. The second-order valence-electron chi connectivity index (χ2n) is 10.8. The summed E-state index contributed by atoms with van der Waals surface area (Å²) in [7, 11) is 1.52. The van der Waals surface area contributed by atoms with Crippen LogP contribution in [-0.2, 0) is 23.7 Å². The van der Waals surface area contributed by atoms with Crippen LogP contribution in [0.15, 0.2) is 42.1 Å². The van der Waals surface area contributed by atoms with Gasteiger partial charge in [-0.25, -0.2) is 9.59 Å². The molecule has 1 saturated carbocycles. The molecule has 1 aromatic rings. The van der Waals surface area contributed by atoms with Gasteiger partial charge < -0.3 is 29.0 Å². The Bertz CT molecular complexity index is 1050. The van der Waals surface area contributed by atoms with Gasteiger partial charge in [0.25, 0.3) is 0 Å². The predicted molar refractivity (Wildman–Crippen MR) is 131 cm³/mol. The van der Waals surface area contributed by atoms with Crippen molar-refractivity contribution in [3.8, 4) is 0 Å². The quantitative estimate of drug-likeness (QED) is 0.483. The molecule has 2 fully saturated rings. The zero-order chi connectivity index (χ0) is 25.8. The molecule has 1 aromatic heterocycles. The Balaban J connectivity index is 1.57. The maximum atomic E-state index is 13.0. The minimum absolute atomic E-state index is 0.0472. The van der Waals surface area contributed by atoms with E-state index in [2.05, 4.69) is 30.1 Å². The summed E-state index contributed by atoms with van der Waals surface area (Å²) < 4.78 is 24.4. The van der Waals surface area contributed by atoms with Crippen molar-refractivity contribution in [2.45, 2.75) is 76.7 Å². The third-order valence-corrected chi connectivity index (χ3v) is 8.95. The monoisotopic (exact) mass is 499 g/mol. The number of ether oxygens (including phenoxy) is 4. The van der Waals surface area contributed by atoms with E-state index in [0.717, 1.165) is 5.57 Å². The topological polar surface area (TPSA) is 107 Å². The van der Waals surface area contributed by atoms with Crippen molar-refractivity contribution in [2.75, 3.05) is 7.11 Å². The summed E-state index contributed by atoms with van der Waals surface area (Å²) in [5.41, 5.74) is 0.532. The Kier molecular flexibility index (Phi) is 6.64. The molecular formula is C28H37NO7. The molecule has 1 spiro atoms. The Morgan fingerprint density at radius 3 is 2.75 bits per heavy atom. The summed E-state index contributed by atoms with van der Waals surface area (Å²) in [4.78, 5) is 28.8. The molecule has 0 radical (unpaired) electrons. The van der Waals surface area contributed by atoms with Gasteiger partial charge in [-0.1, -0.05) is 39.0 Å². The van der Waals surface area contributed by atoms with Gasteiger partial charge in [-0.15, -0.1) is 0 Å². The van der Waals surface area contributed by atoms with E-state index in [9.17, 15) is 14.7 Å². The summed E-state index contributed by atoms with van der Waals surface area (Å²) in [6.45, 7) is 8.01. The number of esters is 2. The highest BCUT2D eigenvalue weighted by Crippen LogP contribution is 2.61. The molecule has 11 atom stereocenters. The van der Waals surface area contributed by atoms with Crippen molar-refractivity contribution in [3.05, 3.63) is 47.8 Å². The fourth-order valence-corrected chi connectivity index (χ4v) is 7.09. The fraction of sp³-hybridized carbons (Fsp3) is 0.643. The number of H-pyrrole nitrogens is 1. The predicted octanol–water partition coefficient (Wildman–Crippen LogP) is 3.43. The minimum atomic E-state index is -0.841. The maximum Gasteiger partial charge on any atom is 0.355 e. The zero-order valence-electron chi connectivity index (χ0n) is 21.5. The van der Waals surface area contributed by atoms with Gasteiger partial charge >= 0.3 is 11.9 Å². The molecule has 4 aliphatic rings. The van der Waals surface area contributed by atoms with Gasteiger partial charge in [0.15, 0.2) is 6.10 Å². The minimum Gasteiger partial charge on any atom is -0.460 e. The summed E-state index contributed by atoms with van der Waals surface area (Å²) >= 11 is 0. The second-order valence-corrected chi connectivity index (χ2v) is 10.8. The van der Waals surface area contributed by atoms with Crippen molar-refractivity contribution in [1.82, 2.24) is 4.98 Å². The molecule has 2 aliphatic carbocycles. The van der Waals surface area contributed by atoms with E-state index >= 15 is 0 Å². The SMILES string of the molecule is CC[C@H]1OC(=O)[C@@H](OC)C[C@H]2C=CC3C4C(O)[C@@H](C)[C@@H](OC(=O)c5ccc[nH]5)[C@@H]3O[C@]42/C(C)=C/[C@H]1C. The second kappa shape index (κ2) is 9.47. The van der Waals surface area contributed by atoms with E-state index in [1.54, 1.807) is 18.3 Å². The molecule has 3 heterocycles. The van der Waals surface area contributed by atoms with Gasteiger partial charge in [0.2, 0.25) is 0 Å². The van der Waals surface area contributed by atoms with Crippen LogP contribution in [0.2, 0.25) is 0 Å². The number of methoxy groups -OCH3 is 1. The number of nitrogens with one attached hydrogen (secondary N) is 1. The van der Waals surface area contributed by atoms with E-state index in [0.29, 0.717) is 18.5 Å². The number of aromatic nitrogens is 1. The zero-order valence-corrected chi connectivity index (χ0v) is 21.5. The smallest absolute Gasteiger partial charge is 0.355 e. The Labute approximate surface area is 212 Å². The Morgan fingerprint density at radius 2 is 2.08 bits per heavy atom. The normalized spacial score (nSPS) is 45.3. The van der Waals surface area contributed by atoms with Crippen LogP contribution in [0.1, 0.15) is 51.0 Å². The largest absolute Gasteiger partial charge is 0.460 e. The third kappa shape index (κ3) is 3.76. The maximum absolute atomic E-state index is 13.0. The highest BCUT2D eigenvalue weighted by molar-refractivity contribution is 5.87. The number of hydrogen-bond acceptors (Lipinski definition) is 7. The highest BCUT2D eigenvalue weighted by atomic mass is 16.6. The van der Waals surface area contributed by atoms with Crippen molar-refractivity contribution in [2.24, 2.45) is 29.6 Å². The van der Waals surface area contributed by atoms with Crippen LogP contribution < -0.4 is 0 Å². The van der Waals surface area contributed by atoms with E-state index in [-0.39, 0.29) is 41.7 Å². The number of carbonyl (C=O) groups excluding carboxylic acids is 2. The lowest BCUT2D eigenvalue weighted by molar-refractivity contribution is -0.166. The first-order valence-corrected chi connectivity index (χ1v) is 13.0. The van der Waals surface area contributed by atoms with Crippen molar-refractivity contribution in [3.63, 3.8) is 0 Å². The van der Waals surface area contributed by atoms with Crippen molar-refractivity contribution >= 4 is 11.9 Å². The van der Waals surface area contributed by atoms with Crippen LogP contribution in [0.5, 0.6) is 0 Å². The molecule has 0 aromatic carbocycles. The number of carbonyl (C=O) groups is 2. The van der Waals surface area contributed by atoms with Gasteiger partial charge in [-0.3, -0.25) is 0 Å². The van der Waals surface area contributed by atoms with Crippen molar-refractivity contribution in [1.29, 1.82) is 0 Å². The molecular weight excluding hydrogens is 462 g/mol. The number of aliphatic hydroxyl groups excluding tert-OH is 1. The summed E-state index contributed by atoms with van der Waals surface area (Å²) in [6.07, 6.45) is 6.19. The lowest BCUT2D eigenvalue weighted by Crippen LogP contribution is -2.57. The number of hydrogen-bond donors (Lipinski definition) is 2. The van der Waals surface area contributed by atoms with E-state index in [1.807, 2.05) is 20.8 Å². The first kappa shape index (κ1) is 25.2. The molecule has 36 heavy (non-hydrogen) atoms. The van der Waals surface area contributed by atoms with Crippen LogP contribution in [0.4, 0.5) is 0 Å². The fourth-order valence-electron chi connectivity index (χ4n) is 7.09. The van der Waals surface area contributed by atoms with Crippen LogP contribution in [-0.4, -0.2) is 65.3 Å². The molecule has 2 aliphatic heterocycles. The molecule has 1 saturated heterocycles.